The monoisotopic (exact) mass is 287 g/mol. The molecule has 80 valence electrons. The third-order valence-electron chi connectivity index (χ3n) is 2.38. The van der Waals surface area contributed by atoms with Gasteiger partial charge in [-0.25, -0.2) is 0 Å². The van der Waals surface area contributed by atoms with Crippen molar-refractivity contribution < 1.29 is 4.79 Å². The van der Waals surface area contributed by atoms with Crippen LogP contribution in [0.5, 0.6) is 0 Å². The number of amides is 1. The van der Waals surface area contributed by atoms with Gasteiger partial charge >= 0.3 is 0 Å². The van der Waals surface area contributed by atoms with Gasteiger partial charge in [-0.3, -0.25) is 4.79 Å². The first-order valence-corrected chi connectivity index (χ1v) is 6.07. The number of hydrogen-bond acceptors (Lipinski definition) is 1. The van der Waals surface area contributed by atoms with Gasteiger partial charge in [0.1, 0.15) is 0 Å². The van der Waals surface area contributed by atoms with Crippen LogP contribution in [-0.4, -0.2) is 5.91 Å². The number of benzene rings is 1. The first-order valence-electron chi connectivity index (χ1n) is 4.90. The Morgan fingerprint density at radius 2 is 2.27 bits per heavy atom. The van der Waals surface area contributed by atoms with E-state index in [-0.39, 0.29) is 5.91 Å². The number of nitrogens with one attached hydrogen (secondary N) is 1. The van der Waals surface area contributed by atoms with Gasteiger partial charge in [-0.1, -0.05) is 11.6 Å². The molecule has 1 N–H and O–H groups in total. The third-order valence-corrected chi connectivity index (χ3v) is 3.27. The molecule has 0 unspecified atom stereocenters. The molecule has 1 saturated carbocycles. The summed E-state index contributed by atoms with van der Waals surface area (Å²) in [4.78, 5) is 11.5. The van der Waals surface area contributed by atoms with E-state index in [1.165, 1.54) is 12.8 Å². The van der Waals surface area contributed by atoms with Gasteiger partial charge in [-0.2, -0.15) is 0 Å². The smallest absolute Gasteiger partial charge is 0.224 e. The Bertz CT molecular complexity index is 390. The predicted molar refractivity (Wildman–Crippen MR) is 65.1 cm³/mol. The summed E-state index contributed by atoms with van der Waals surface area (Å²) in [5.74, 6) is 0.691. The van der Waals surface area contributed by atoms with Gasteiger partial charge < -0.3 is 5.32 Å². The number of rotatable bonds is 3. The number of hydrogen-bond donors (Lipinski definition) is 1. The van der Waals surface area contributed by atoms with Crippen LogP contribution in [0.2, 0.25) is 5.02 Å². The highest BCUT2D eigenvalue weighted by molar-refractivity contribution is 9.10. The van der Waals surface area contributed by atoms with E-state index in [2.05, 4.69) is 21.2 Å². The van der Waals surface area contributed by atoms with Crippen LogP contribution in [0.15, 0.2) is 22.7 Å². The minimum absolute atomic E-state index is 0.0838. The molecule has 15 heavy (non-hydrogen) atoms. The molecular weight excluding hydrogens is 277 g/mol. The molecule has 0 spiro atoms. The van der Waals surface area contributed by atoms with Crippen molar-refractivity contribution in [2.45, 2.75) is 19.3 Å². The van der Waals surface area contributed by atoms with Crippen molar-refractivity contribution in [3.8, 4) is 0 Å². The molecule has 0 atom stereocenters. The standard InChI is InChI=1S/C11H11BrClNO/c12-9-6-8(13)3-4-10(9)14-11(15)5-7-1-2-7/h3-4,6-7H,1-2,5H2,(H,14,15). The summed E-state index contributed by atoms with van der Waals surface area (Å²) in [6.07, 6.45) is 3.01. The topological polar surface area (TPSA) is 29.1 Å². The summed E-state index contributed by atoms with van der Waals surface area (Å²) in [6.45, 7) is 0. The van der Waals surface area contributed by atoms with Crippen LogP contribution >= 0.6 is 27.5 Å². The molecular formula is C11H11BrClNO. The zero-order valence-corrected chi connectivity index (χ0v) is 10.4. The van der Waals surface area contributed by atoms with Gasteiger partial charge in [0.25, 0.3) is 0 Å². The van der Waals surface area contributed by atoms with E-state index in [1.54, 1.807) is 18.2 Å². The molecule has 2 nitrogen and oxygen atoms in total. The number of halogens is 2. The summed E-state index contributed by atoms with van der Waals surface area (Å²) in [5, 5.41) is 3.52. The molecule has 0 saturated heterocycles. The van der Waals surface area contributed by atoms with E-state index in [4.69, 9.17) is 11.6 Å². The Morgan fingerprint density at radius 3 is 2.87 bits per heavy atom. The highest BCUT2D eigenvalue weighted by atomic mass is 79.9. The van der Waals surface area contributed by atoms with Crippen molar-refractivity contribution in [3.05, 3.63) is 27.7 Å². The second kappa shape index (κ2) is 4.54. The van der Waals surface area contributed by atoms with Gasteiger partial charge in [-0.05, 0) is 52.9 Å². The van der Waals surface area contributed by atoms with Crippen LogP contribution in [0, 0.1) is 5.92 Å². The summed E-state index contributed by atoms with van der Waals surface area (Å²) in [7, 11) is 0. The quantitative estimate of drug-likeness (QED) is 0.899. The minimum Gasteiger partial charge on any atom is -0.325 e. The molecule has 1 aliphatic carbocycles. The fraction of sp³-hybridized carbons (Fsp3) is 0.364. The summed E-state index contributed by atoms with van der Waals surface area (Å²) in [6, 6.07) is 5.34. The van der Waals surface area contributed by atoms with Crippen molar-refractivity contribution in [2.75, 3.05) is 5.32 Å². The Morgan fingerprint density at radius 1 is 1.53 bits per heavy atom. The lowest BCUT2D eigenvalue weighted by Gasteiger charge is -2.06. The van der Waals surface area contributed by atoms with Crippen molar-refractivity contribution in [1.29, 1.82) is 0 Å². The van der Waals surface area contributed by atoms with Crippen molar-refractivity contribution in [2.24, 2.45) is 5.92 Å². The maximum absolute atomic E-state index is 11.5. The second-order valence-electron chi connectivity index (χ2n) is 3.82. The van der Waals surface area contributed by atoms with Crippen LogP contribution in [0.4, 0.5) is 5.69 Å². The number of anilines is 1. The van der Waals surface area contributed by atoms with Gasteiger partial charge in [0, 0.05) is 15.9 Å². The average Bonchev–Trinajstić information content (AvgIpc) is 2.94. The molecule has 1 amide bonds. The van der Waals surface area contributed by atoms with Crippen LogP contribution in [-0.2, 0) is 4.79 Å². The Balaban J connectivity index is 1.99. The van der Waals surface area contributed by atoms with Crippen molar-refractivity contribution in [3.63, 3.8) is 0 Å². The lowest BCUT2D eigenvalue weighted by molar-refractivity contribution is -0.116. The van der Waals surface area contributed by atoms with Crippen LogP contribution in [0.25, 0.3) is 0 Å². The minimum atomic E-state index is 0.0838. The van der Waals surface area contributed by atoms with Crippen LogP contribution < -0.4 is 5.32 Å². The highest BCUT2D eigenvalue weighted by Gasteiger charge is 2.24. The maximum Gasteiger partial charge on any atom is 0.224 e. The zero-order chi connectivity index (χ0) is 10.8. The molecule has 0 radical (unpaired) electrons. The average molecular weight is 289 g/mol. The fourth-order valence-electron chi connectivity index (χ4n) is 1.38. The van der Waals surface area contributed by atoms with E-state index in [9.17, 15) is 4.79 Å². The zero-order valence-electron chi connectivity index (χ0n) is 8.09. The molecule has 0 aromatic heterocycles. The molecule has 0 aliphatic heterocycles. The van der Waals surface area contributed by atoms with Crippen LogP contribution in [0.3, 0.4) is 0 Å². The predicted octanol–water partition coefficient (Wildman–Crippen LogP) is 3.84. The van der Waals surface area contributed by atoms with E-state index in [0.717, 1.165) is 10.2 Å². The van der Waals surface area contributed by atoms with E-state index < -0.39 is 0 Å². The molecule has 1 fully saturated rings. The van der Waals surface area contributed by atoms with Crippen molar-refractivity contribution in [1.82, 2.24) is 0 Å². The van der Waals surface area contributed by atoms with E-state index in [1.807, 2.05) is 0 Å². The van der Waals surface area contributed by atoms with Gasteiger partial charge in [-0.15, -0.1) is 0 Å². The maximum atomic E-state index is 11.5. The van der Waals surface area contributed by atoms with Gasteiger partial charge in [0.2, 0.25) is 5.91 Å². The van der Waals surface area contributed by atoms with Gasteiger partial charge in [0.05, 0.1) is 5.69 Å². The highest BCUT2D eigenvalue weighted by Crippen LogP contribution is 2.33. The lowest BCUT2D eigenvalue weighted by atomic mass is 10.2. The SMILES string of the molecule is O=C(CC1CC1)Nc1ccc(Cl)cc1Br. The Labute approximate surface area is 102 Å². The third kappa shape index (κ3) is 3.21. The first-order chi connectivity index (χ1) is 7.15. The van der Waals surface area contributed by atoms with Gasteiger partial charge in [0.15, 0.2) is 0 Å². The summed E-state index contributed by atoms with van der Waals surface area (Å²) >= 11 is 9.16. The molecule has 1 aliphatic rings. The number of carbonyl (C=O) groups excluding carboxylic acids is 1. The van der Waals surface area contributed by atoms with E-state index >= 15 is 0 Å². The Kier molecular flexibility index (Phi) is 3.32. The van der Waals surface area contributed by atoms with E-state index in [0.29, 0.717) is 17.4 Å². The largest absolute Gasteiger partial charge is 0.325 e. The summed E-state index contributed by atoms with van der Waals surface area (Å²) in [5.41, 5.74) is 0.782. The molecule has 0 bridgehead atoms. The lowest BCUT2D eigenvalue weighted by Crippen LogP contribution is -2.12. The molecule has 1 aromatic rings. The molecule has 0 heterocycles. The summed E-state index contributed by atoms with van der Waals surface area (Å²) < 4.78 is 0.819. The molecule has 1 aromatic carbocycles. The number of carbonyl (C=O) groups is 1. The molecule has 4 heteroatoms. The fourth-order valence-corrected chi connectivity index (χ4v) is 2.16. The first kappa shape index (κ1) is 11.0. The van der Waals surface area contributed by atoms with Crippen LogP contribution in [0.1, 0.15) is 19.3 Å². The Hall–Kier alpha value is -0.540. The molecule has 2 rings (SSSR count). The van der Waals surface area contributed by atoms with Crippen molar-refractivity contribution >= 4 is 39.1 Å². The second-order valence-corrected chi connectivity index (χ2v) is 5.11. The normalized spacial score (nSPS) is 15.1.